The quantitative estimate of drug-likeness (QED) is 0.810. The fourth-order valence-electron chi connectivity index (χ4n) is 4.74. The zero-order valence-corrected chi connectivity index (χ0v) is 15.8. The van der Waals surface area contributed by atoms with Crippen LogP contribution in [0.25, 0.3) is 0 Å². The minimum Gasteiger partial charge on any atom is -0.355 e. The van der Waals surface area contributed by atoms with Crippen LogP contribution in [0.3, 0.4) is 0 Å². The largest absolute Gasteiger partial charge is 0.355 e. The van der Waals surface area contributed by atoms with Crippen molar-refractivity contribution >= 4 is 15.7 Å². The molecule has 0 N–H and O–H groups in total. The first-order valence-electron chi connectivity index (χ1n) is 9.49. The standard InChI is InChI=1S/C18H28N4O2S/c1-14-19-7-2-18(20-14)22-9-4-16-3-8-21(17(16)13-22)12-15-5-10-25(23,24)11-6-15/h2,7,15-17H,3-6,8-13H2,1H3. The lowest BCUT2D eigenvalue weighted by atomic mass is 9.91. The van der Waals surface area contributed by atoms with Crippen LogP contribution in [0.2, 0.25) is 0 Å². The van der Waals surface area contributed by atoms with E-state index in [2.05, 4.69) is 19.8 Å². The normalized spacial score (nSPS) is 30.4. The maximum atomic E-state index is 11.7. The number of anilines is 1. The van der Waals surface area contributed by atoms with Gasteiger partial charge in [-0.2, -0.15) is 0 Å². The van der Waals surface area contributed by atoms with Crippen molar-refractivity contribution in [3.8, 4) is 0 Å². The van der Waals surface area contributed by atoms with E-state index >= 15 is 0 Å². The third kappa shape index (κ3) is 3.82. The van der Waals surface area contributed by atoms with Gasteiger partial charge in [-0.1, -0.05) is 0 Å². The van der Waals surface area contributed by atoms with Gasteiger partial charge in [-0.3, -0.25) is 4.90 Å². The first-order chi connectivity index (χ1) is 12.0. The third-order valence-electron chi connectivity index (χ3n) is 6.23. The smallest absolute Gasteiger partial charge is 0.150 e. The van der Waals surface area contributed by atoms with Crippen LogP contribution in [-0.4, -0.2) is 67.0 Å². The van der Waals surface area contributed by atoms with Gasteiger partial charge in [0, 0.05) is 31.9 Å². The van der Waals surface area contributed by atoms with Gasteiger partial charge in [-0.15, -0.1) is 0 Å². The molecule has 3 aliphatic heterocycles. The molecule has 3 aliphatic rings. The van der Waals surface area contributed by atoms with Crippen LogP contribution in [-0.2, 0) is 9.84 Å². The van der Waals surface area contributed by atoms with Gasteiger partial charge in [0.05, 0.1) is 11.5 Å². The topological polar surface area (TPSA) is 66.4 Å². The number of sulfone groups is 1. The molecule has 0 saturated carbocycles. The highest BCUT2D eigenvalue weighted by Gasteiger charge is 2.39. The Morgan fingerprint density at radius 3 is 2.68 bits per heavy atom. The van der Waals surface area contributed by atoms with Crippen molar-refractivity contribution in [2.24, 2.45) is 11.8 Å². The van der Waals surface area contributed by atoms with Gasteiger partial charge in [-0.25, -0.2) is 18.4 Å². The molecular formula is C18H28N4O2S. The molecule has 6 nitrogen and oxygen atoms in total. The number of hydrogen-bond acceptors (Lipinski definition) is 6. The number of piperidine rings is 1. The molecular weight excluding hydrogens is 336 g/mol. The SMILES string of the molecule is Cc1nccc(N2CCC3CCN(CC4CCS(=O)(=O)CC4)C3C2)n1. The summed E-state index contributed by atoms with van der Waals surface area (Å²) < 4.78 is 23.3. The Morgan fingerprint density at radius 2 is 1.92 bits per heavy atom. The Labute approximate surface area is 150 Å². The van der Waals surface area contributed by atoms with E-state index in [-0.39, 0.29) is 0 Å². The second kappa shape index (κ2) is 6.83. The van der Waals surface area contributed by atoms with Crippen LogP contribution in [0.5, 0.6) is 0 Å². The lowest BCUT2D eigenvalue weighted by Crippen LogP contribution is -2.49. The van der Waals surface area contributed by atoms with E-state index in [0.717, 1.165) is 56.6 Å². The van der Waals surface area contributed by atoms with Crippen LogP contribution in [0.15, 0.2) is 12.3 Å². The Bertz CT molecular complexity index is 710. The number of nitrogens with zero attached hydrogens (tertiary/aromatic N) is 4. The fourth-order valence-corrected chi connectivity index (χ4v) is 6.32. The second-order valence-electron chi connectivity index (χ2n) is 7.90. The minimum atomic E-state index is -2.76. The van der Waals surface area contributed by atoms with Crippen molar-refractivity contribution in [3.05, 3.63) is 18.1 Å². The predicted octanol–water partition coefficient (Wildman–Crippen LogP) is 1.51. The molecule has 0 amide bonds. The summed E-state index contributed by atoms with van der Waals surface area (Å²) in [5.41, 5.74) is 0. The van der Waals surface area contributed by atoms with Gasteiger partial charge >= 0.3 is 0 Å². The lowest BCUT2D eigenvalue weighted by Gasteiger charge is -2.40. The highest BCUT2D eigenvalue weighted by molar-refractivity contribution is 7.91. The van der Waals surface area contributed by atoms with Crippen LogP contribution in [0.1, 0.15) is 31.5 Å². The van der Waals surface area contributed by atoms with Gasteiger partial charge in [0.2, 0.25) is 0 Å². The first kappa shape index (κ1) is 17.2. The van der Waals surface area contributed by atoms with Crippen LogP contribution in [0.4, 0.5) is 5.82 Å². The van der Waals surface area contributed by atoms with Crippen LogP contribution < -0.4 is 4.90 Å². The van der Waals surface area contributed by atoms with Gasteiger partial charge in [-0.05, 0) is 57.1 Å². The maximum Gasteiger partial charge on any atom is 0.150 e. The zero-order valence-electron chi connectivity index (χ0n) is 15.0. The molecule has 25 heavy (non-hydrogen) atoms. The number of aromatic nitrogens is 2. The van der Waals surface area contributed by atoms with Crippen molar-refractivity contribution in [1.29, 1.82) is 0 Å². The Morgan fingerprint density at radius 1 is 1.16 bits per heavy atom. The summed E-state index contributed by atoms with van der Waals surface area (Å²) in [6.45, 7) is 6.27. The van der Waals surface area contributed by atoms with Crippen molar-refractivity contribution in [2.45, 2.75) is 38.6 Å². The fraction of sp³-hybridized carbons (Fsp3) is 0.778. The molecule has 0 radical (unpaired) electrons. The molecule has 4 heterocycles. The summed E-state index contributed by atoms with van der Waals surface area (Å²) in [4.78, 5) is 13.8. The van der Waals surface area contributed by atoms with Gasteiger partial charge in [0.1, 0.15) is 21.5 Å². The molecule has 138 valence electrons. The summed E-state index contributed by atoms with van der Waals surface area (Å²) in [7, 11) is -2.76. The molecule has 3 fully saturated rings. The monoisotopic (exact) mass is 364 g/mol. The van der Waals surface area contributed by atoms with Crippen molar-refractivity contribution in [2.75, 3.05) is 42.6 Å². The average molecular weight is 365 g/mol. The molecule has 2 atom stereocenters. The Balaban J connectivity index is 1.40. The van der Waals surface area contributed by atoms with E-state index in [1.54, 1.807) is 0 Å². The highest BCUT2D eigenvalue weighted by Crippen LogP contribution is 2.34. The van der Waals surface area contributed by atoms with Crippen LogP contribution >= 0.6 is 0 Å². The molecule has 0 spiro atoms. The molecule has 1 aromatic rings. The van der Waals surface area contributed by atoms with Gasteiger partial charge in [0.25, 0.3) is 0 Å². The summed E-state index contributed by atoms with van der Waals surface area (Å²) in [6, 6.07) is 2.60. The summed E-state index contributed by atoms with van der Waals surface area (Å²) in [5, 5.41) is 0. The summed E-state index contributed by atoms with van der Waals surface area (Å²) in [6.07, 6.45) is 6.03. The number of fused-ring (bicyclic) bond motifs is 1. The van der Waals surface area contributed by atoms with Gasteiger partial charge < -0.3 is 4.90 Å². The molecule has 2 unspecified atom stereocenters. The third-order valence-corrected chi connectivity index (χ3v) is 7.95. The van der Waals surface area contributed by atoms with E-state index in [4.69, 9.17) is 0 Å². The number of likely N-dealkylation sites (tertiary alicyclic amines) is 1. The van der Waals surface area contributed by atoms with Gasteiger partial charge in [0.15, 0.2) is 0 Å². The molecule has 3 saturated heterocycles. The maximum absolute atomic E-state index is 11.7. The molecule has 0 aromatic carbocycles. The minimum absolute atomic E-state index is 0.381. The number of rotatable bonds is 3. The van der Waals surface area contributed by atoms with E-state index in [1.807, 2.05) is 19.2 Å². The lowest BCUT2D eigenvalue weighted by molar-refractivity contribution is 0.175. The van der Waals surface area contributed by atoms with Crippen molar-refractivity contribution in [3.63, 3.8) is 0 Å². The summed E-state index contributed by atoms with van der Waals surface area (Å²) in [5.74, 6) is 3.95. The number of hydrogen-bond donors (Lipinski definition) is 0. The average Bonchev–Trinajstić information content (AvgIpc) is 2.99. The molecule has 1 aromatic heterocycles. The Hall–Kier alpha value is -1.21. The molecule has 0 bridgehead atoms. The Kier molecular flexibility index (Phi) is 4.71. The summed E-state index contributed by atoms with van der Waals surface area (Å²) >= 11 is 0. The molecule has 0 aliphatic carbocycles. The van der Waals surface area contributed by atoms with Crippen molar-refractivity contribution in [1.82, 2.24) is 14.9 Å². The first-order valence-corrected chi connectivity index (χ1v) is 11.3. The van der Waals surface area contributed by atoms with Crippen molar-refractivity contribution < 1.29 is 8.42 Å². The molecule has 7 heteroatoms. The van der Waals surface area contributed by atoms with Crippen LogP contribution in [0, 0.1) is 18.8 Å². The predicted molar refractivity (Wildman–Crippen MR) is 98.4 cm³/mol. The zero-order chi connectivity index (χ0) is 17.4. The molecule has 4 rings (SSSR count). The van der Waals surface area contributed by atoms with E-state index in [9.17, 15) is 8.42 Å². The van der Waals surface area contributed by atoms with E-state index in [0.29, 0.717) is 23.5 Å². The van der Waals surface area contributed by atoms with E-state index in [1.165, 1.54) is 12.8 Å². The number of aryl methyl sites for hydroxylation is 1. The van der Waals surface area contributed by atoms with E-state index < -0.39 is 9.84 Å². The highest BCUT2D eigenvalue weighted by atomic mass is 32.2. The second-order valence-corrected chi connectivity index (χ2v) is 10.2.